The lowest BCUT2D eigenvalue weighted by Crippen LogP contribution is -2.46. The van der Waals surface area contributed by atoms with Gasteiger partial charge in [-0.25, -0.2) is 0 Å². The number of nitrogens with zero attached hydrogens (tertiary/aromatic N) is 1. The predicted molar refractivity (Wildman–Crippen MR) is 85.1 cm³/mol. The van der Waals surface area contributed by atoms with E-state index in [2.05, 4.69) is 45.1 Å². The molecule has 1 aliphatic carbocycles. The Morgan fingerprint density at radius 3 is 2.55 bits per heavy atom. The van der Waals surface area contributed by atoms with E-state index >= 15 is 0 Å². The van der Waals surface area contributed by atoms with Crippen molar-refractivity contribution in [3.05, 3.63) is 35.4 Å². The fraction of sp³-hybridized carbons (Fsp3) is 0.588. The van der Waals surface area contributed by atoms with Crippen molar-refractivity contribution in [2.45, 2.75) is 44.6 Å². The highest BCUT2D eigenvalue weighted by atomic mass is 79.9. The fourth-order valence-corrected chi connectivity index (χ4v) is 4.21. The molecule has 0 spiro atoms. The highest BCUT2D eigenvalue weighted by Crippen LogP contribution is 2.30. The van der Waals surface area contributed by atoms with E-state index in [0.29, 0.717) is 11.9 Å². The molecule has 0 saturated carbocycles. The number of hydrogen-bond donors (Lipinski definition) is 0. The number of fused-ring (bicyclic) bond motifs is 1. The van der Waals surface area contributed by atoms with Crippen LogP contribution in [0.4, 0.5) is 0 Å². The van der Waals surface area contributed by atoms with Crippen molar-refractivity contribution in [2.75, 3.05) is 11.9 Å². The molecular weight excluding hydrogens is 314 g/mol. The van der Waals surface area contributed by atoms with Gasteiger partial charge < -0.3 is 4.90 Å². The standard InChI is InChI=1S/C17H22BrNO/c18-9-8-16-7-3-4-10-19(16)17(20)15-11-13-5-1-2-6-14(13)12-15/h1-2,5-6,15-16H,3-4,7-12H2. The van der Waals surface area contributed by atoms with Crippen LogP contribution in [0.15, 0.2) is 24.3 Å². The first kappa shape index (κ1) is 14.1. The highest BCUT2D eigenvalue weighted by molar-refractivity contribution is 9.09. The van der Waals surface area contributed by atoms with Crippen LogP contribution in [0.5, 0.6) is 0 Å². The highest BCUT2D eigenvalue weighted by Gasteiger charge is 2.34. The Morgan fingerprint density at radius 1 is 1.20 bits per heavy atom. The van der Waals surface area contributed by atoms with Crippen LogP contribution in [0.2, 0.25) is 0 Å². The van der Waals surface area contributed by atoms with Gasteiger partial charge >= 0.3 is 0 Å². The van der Waals surface area contributed by atoms with Crippen LogP contribution in [0.3, 0.4) is 0 Å². The number of rotatable bonds is 3. The Labute approximate surface area is 129 Å². The molecule has 2 nitrogen and oxygen atoms in total. The van der Waals surface area contributed by atoms with Crippen LogP contribution in [-0.2, 0) is 17.6 Å². The average molecular weight is 336 g/mol. The summed E-state index contributed by atoms with van der Waals surface area (Å²) in [5.74, 6) is 0.579. The maximum Gasteiger partial charge on any atom is 0.226 e. The molecule has 1 heterocycles. The van der Waals surface area contributed by atoms with Crippen LogP contribution in [0.25, 0.3) is 0 Å². The summed E-state index contributed by atoms with van der Waals surface area (Å²) in [7, 11) is 0. The molecule has 0 aromatic heterocycles. The molecule has 108 valence electrons. The van der Waals surface area contributed by atoms with Gasteiger partial charge in [0.25, 0.3) is 0 Å². The molecule has 1 atom stereocenters. The number of piperidine rings is 1. The van der Waals surface area contributed by atoms with Gasteiger partial charge in [0, 0.05) is 23.8 Å². The van der Waals surface area contributed by atoms with Gasteiger partial charge in [-0.3, -0.25) is 4.79 Å². The number of amides is 1. The lowest BCUT2D eigenvalue weighted by molar-refractivity contribution is -0.139. The summed E-state index contributed by atoms with van der Waals surface area (Å²) in [6.45, 7) is 0.962. The smallest absolute Gasteiger partial charge is 0.226 e. The third kappa shape index (κ3) is 2.78. The van der Waals surface area contributed by atoms with E-state index in [1.54, 1.807) is 0 Å². The molecule has 1 amide bonds. The largest absolute Gasteiger partial charge is 0.339 e. The molecule has 1 saturated heterocycles. The number of benzene rings is 1. The Hall–Kier alpha value is -0.830. The zero-order valence-electron chi connectivity index (χ0n) is 11.9. The summed E-state index contributed by atoms with van der Waals surface area (Å²) in [4.78, 5) is 15.0. The van der Waals surface area contributed by atoms with Crippen LogP contribution in [-0.4, -0.2) is 28.7 Å². The van der Waals surface area contributed by atoms with Crippen LogP contribution in [0, 0.1) is 5.92 Å². The monoisotopic (exact) mass is 335 g/mol. The van der Waals surface area contributed by atoms with E-state index in [1.807, 2.05) is 0 Å². The number of halogens is 1. The molecule has 3 heteroatoms. The molecule has 1 fully saturated rings. The maximum absolute atomic E-state index is 12.9. The summed E-state index contributed by atoms with van der Waals surface area (Å²) in [6.07, 6.45) is 6.58. The zero-order valence-corrected chi connectivity index (χ0v) is 13.4. The average Bonchev–Trinajstić information content (AvgIpc) is 2.91. The molecular formula is C17H22BrNO. The number of alkyl halides is 1. The third-order valence-corrected chi connectivity index (χ3v) is 5.21. The molecule has 3 rings (SSSR count). The first-order chi connectivity index (χ1) is 9.79. The van der Waals surface area contributed by atoms with Gasteiger partial charge in [0.05, 0.1) is 0 Å². The molecule has 0 N–H and O–H groups in total. The minimum atomic E-state index is 0.184. The van der Waals surface area contributed by atoms with Crippen molar-refractivity contribution in [1.82, 2.24) is 4.90 Å². The lowest BCUT2D eigenvalue weighted by atomic mass is 9.96. The SMILES string of the molecule is O=C(C1Cc2ccccc2C1)N1CCCCC1CCBr. The van der Waals surface area contributed by atoms with Crippen molar-refractivity contribution in [3.63, 3.8) is 0 Å². The molecule has 1 unspecified atom stereocenters. The normalized spacial score (nSPS) is 22.9. The van der Waals surface area contributed by atoms with E-state index < -0.39 is 0 Å². The fourth-order valence-electron chi connectivity index (χ4n) is 3.68. The van der Waals surface area contributed by atoms with E-state index in [4.69, 9.17) is 0 Å². The van der Waals surface area contributed by atoms with E-state index in [-0.39, 0.29) is 5.92 Å². The summed E-state index contributed by atoms with van der Waals surface area (Å²) >= 11 is 3.53. The van der Waals surface area contributed by atoms with Gasteiger partial charge in [0.15, 0.2) is 0 Å². The van der Waals surface area contributed by atoms with Gasteiger partial charge in [-0.15, -0.1) is 0 Å². The summed E-state index contributed by atoms with van der Waals surface area (Å²) < 4.78 is 0. The maximum atomic E-state index is 12.9. The van der Waals surface area contributed by atoms with Crippen LogP contribution >= 0.6 is 15.9 Å². The van der Waals surface area contributed by atoms with E-state index in [9.17, 15) is 4.79 Å². The summed E-state index contributed by atoms with van der Waals surface area (Å²) in [5.41, 5.74) is 2.75. The summed E-state index contributed by atoms with van der Waals surface area (Å²) in [5, 5.41) is 0.992. The Morgan fingerprint density at radius 2 is 1.90 bits per heavy atom. The van der Waals surface area contributed by atoms with Crippen molar-refractivity contribution in [1.29, 1.82) is 0 Å². The van der Waals surface area contributed by atoms with Gasteiger partial charge in [0.2, 0.25) is 5.91 Å². The van der Waals surface area contributed by atoms with Crippen molar-refractivity contribution in [3.8, 4) is 0 Å². The van der Waals surface area contributed by atoms with Gasteiger partial charge in [-0.1, -0.05) is 40.2 Å². The second-order valence-corrected chi connectivity index (χ2v) is 6.83. The first-order valence-corrected chi connectivity index (χ1v) is 8.85. The van der Waals surface area contributed by atoms with Crippen LogP contribution in [0.1, 0.15) is 36.8 Å². The third-order valence-electron chi connectivity index (χ3n) is 4.75. The Balaban J connectivity index is 1.70. The molecule has 1 aliphatic heterocycles. The number of likely N-dealkylation sites (tertiary alicyclic amines) is 1. The van der Waals surface area contributed by atoms with Crippen LogP contribution < -0.4 is 0 Å². The molecule has 0 bridgehead atoms. The van der Waals surface area contributed by atoms with Crippen molar-refractivity contribution >= 4 is 21.8 Å². The van der Waals surface area contributed by atoms with Gasteiger partial charge in [-0.2, -0.15) is 0 Å². The van der Waals surface area contributed by atoms with Gasteiger partial charge in [-0.05, 0) is 49.7 Å². The topological polar surface area (TPSA) is 20.3 Å². The first-order valence-electron chi connectivity index (χ1n) is 7.73. The zero-order chi connectivity index (χ0) is 13.9. The lowest BCUT2D eigenvalue weighted by Gasteiger charge is -2.37. The second kappa shape index (κ2) is 6.30. The number of carbonyl (C=O) groups is 1. The molecule has 20 heavy (non-hydrogen) atoms. The molecule has 1 aromatic carbocycles. The minimum Gasteiger partial charge on any atom is -0.339 e. The predicted octanol–water partition coefficient (Wildman–Crippen LogP) is 3.57. The van der Waals surface area contributed by atoms with E-state index in [1.165, 1.54) is 30.4 Å². The van der Waals surface area contributed by atoms with E-state index in [0.717, 1.165) is 31.1 Å². The molecule has 1 aromatic rings. The molecule has 2 aliphatic rings. The number of carbonyl (C=O) groups excluding carboxylic acids is 1. The number of hydrogen-bond acceptors (Lipinski definition) is 1. The van der Waals surface area contributed by atoms with Gasteiger partial charge in [0.1, 0.15) is 0 Å². The second-order valence-electron chi connectivity index (χ2n) is 6.03. The minimum absolute atomic E-state index is 0.184. The Kier molecular flexibility index (Phi) is 4.45. The Bertz CT molecular complexity index is 461. The molecule has 0 radical (unpaired) electrons. The summed E-state index contributed by atoms with van der Waals surface area (Å²) in [6, 6.07) is 8.98. The van der Waals surface area contributed by atoms with Crippen molar-refractivity contribution in [2.24, 2.45) is 5.92 Å². The quantitative estimate of drug-likeness (QED) is 0.773. The van der Waals surface area contributed by atoms with Crippen molar-refractivity contribution < 1.29 is 4.79 Å².